The van der Waals surface area contributed by atoms with Gasteiger partial charge in [0.25, 0.3) is 5.91 Å². The summed E-state index contributed by atoms with van der Waals surface area (Å²) in [5.74, 6) is 1.98. The summed E-state index contributed by atoms with van der Waals surface area (Å²) < 4.78 is 7.58. The van der Waals surface area contributed by atoms with Crippen LogP contribution in [0.25, 0.3) is 0 Å². The molecule has 27 heavy (non-hydrogen) atoms. The fraction of sp³-hybridized carbons (Fsp3) is 0.684. The van der Waals surface area contributed by atoms with Crippen molar-refractivity contribution in [1.82, 2.24) is 29.8 Å². The highest BCUT2D eigenvalue weighted by Gasteiger charge is 2.53. The minimum atomic E-state index is 0.0619. The van der Waals surface area contributed by atoms with Crippen LogP contribution in [0.1, 0.15) is 54.3 Å². The van der Waals surface area contributed by atoms with Crippen LogP contribution in [0, 0.1) is 18.3 Å². The van der Waals surface area contributed by atoms with Crippen molar-refractivity contribution in [3.05, 3.63) is 29.2 Å². The summed E-state index contributed by atoms with van der Waals surface area (Å²) in [6, 6.07) is 1.99. The number of amides is 1. The van der Waals surface area contributed by atoms with Crippen molar-refractivity contribution in [1.29, 1.82) is 0 Å². The fourth-order valence-corrected chi connectivity index (χ4v) is 4.49. The highest BCUT2D eigenvalue weighted by atomic mass is 16.4. The predicted octanol–water partition coefficient (Wildman–Crippen LogP) is 1.83. The molecule has 8 nitrogen and oxygen atoms in total. The molecule has 1 atom stereocenters. The summed E-state index contributed by atoms with van der Waals surface area (Å²) in [5, 5.41) is 12.8. The maximum Gasteiger partial charge on any atom is 0.272 e. The summed E-state index contributed by atoms with van der Waals surface area (Å²) in [4.78, 5) is 17.0. The molecule has 1 amide bonds. The second-order valence-electron chi connectivity index (χ2n) is 8.72. The van der Waals surface area contributed by atoms with Crippen LogP contribution in [0.3, 0.4) is 0 Å². The number of rotatable bonds is 4. The second-order valence-corrected chi connectivity index (χ2v) is 8.72. The summed E-state index contributed by atoms with van der Waals surface area (Å²) >= 11 is 0. The number of carbonyl (C=O) groups is 1. The van der Waals surface area contributed by atoms with E-state index in [1.807, 2.05) is 24.9 Å². The smallest absolute Gasteiger partial charge is 0.272 e. The molecule has 2 aliphatic heterocycles. The summed E-state index contributed by atoms with van der Waals surface area (Å²) in [7, 11) is 3.92. The average molecular weight is 372 g/mol. The lowest BCUT2D eigenvalue weighted by molar-refractivity contribution is 0.0106. The third kappa shape index (κ3) is 3.26. The van der Waals surface area contributed by atoms with Crippen molar-refractivity contribution in [2.75, 3.05) is 26.7 Å². The Morgan fingerprint density at radius 1 is 1.30 bits per heavy atom. The van der Waals surface area contributed by atoms with Gasteiger partial charge in [-0.15, -0.1) is 10.2 Å². The number of carbonyl (C=O) groups excluding carboxylic acids is 1. The van der Waals surface area contributed by atoms with E-state index in [9.17, 15) is 4.79 Å². The van der Waals surface area contributed by atoms with Crippen molar-refractivity contribution in [2.24, 2.45) is 18.4 Å². The number of hydrogen-bond acceptors (Lipinski definition) is 6. The molecule has 1 spiro atoms. The first kappa shape index (κ1) is 18.2. The van der Waals surface area contributed by atoms with E-state index in [0.29, 0.717) is 23.4 Å². The van der Waals surface area contributed by atoms with Crippen LogP contribution in [0.2, 0.25) is 0 Å². The normalized spacial score (nSPS) is 22.0. The maximum absolute atomic E-state index is 12.8. The van der Waals surface area contributed by atoms with Crippen LogP contribution in [0.15, 0.2) is 10.5 Å². The first-order valence-corrected chi connectivity index (χ1v) is 9.59. The van der Waals surface area contributed by atoms with Crippen molar-refractivity contribution in [3.63, 3.8) is 0 Å². The van der Waals surface area contributed by atoms with Crippen LogP contribution in [-0.4, -0.2) is 62.4 Å². The standard InChI is InChI=1S/C19H28N6O2/c1-12(2)6-16-20-21-17(27-16)15-8-19(9-23(15)4)10-25(11-19)18(26)14-7-13(3)22-24(14)5/h7,12,15H,6,8-11H2,1-5H3. The first-order valence-electron chi connectivity index (χ1n) is 9.59. The van der Waals surface area contributed by atoms with Gasteiger partial charge in [0.15, 0.2) is 0 Å². The van der Waals surface area contributed by atoms with Crippen LogP contribution >= 0.6 is 0 Å². The molecule has 0 saturated carbocycles. The zero-order chi connectivity index (χ0) is 19.3. The molecule has 1 unspecified atom stereocenters. The van der Waals surface area contributed by atoms with Gasteiger partial charge < -0.3 is 9.32 Å². The van der Waals surface area contributed by atoms with E-state index in [0.717, 1.165) is 38.2 Å². The molecule has 0 N–H and O–H groups in total. The van der Waals surface area contributed by atoms with E-state index >= 15 is 0 Å². The van der Waals surface area contributed by atoms with E-state index < -0.39 is 0 Å². The SMILES string of the molecule is Cc1cc(C(=O)N2CC3(CC(c4nnc(CC(C)C)o4)N(C)C3)C2)n(C)n1. The number of hydrogen-bond donors (Lipinski definition) is 0. The van der Waals surface area contributed by atoms with Gasteiger partial charge >= 0.3 is 0 Å². The van der Waals surface area contributed by atoms with Crippen molar-refractivity contribution >= 4 is 5.91 Å². The summed E-state index contributed by atoms with van der Waals surface area (Å²) in [6.07, 6.45) is 1.75. The molecule has 0 aliphatic carbocycles. The Balaban J connectivity index is 1.41. The Hall–Kier alpha value is -2.22. The molecule has 8 heteroatoms. The van der Waals surface area contributed by atoms with Gasteiger partial charge in [0, 0.05) is 38.5 Å². The van der Waals surface area contributed by atoms with Gasteiger partial charge in [-0.1, -0.05) is 13.8 Å². The topological polar surface area (TPSA) is 80.3 Å². The number of likely N-dealkylation sites (tertiary alicyclic amines) is 2. The van der Waals surface area contributed by atoms with Gasteiger partial charge in [0.05, 0.1) is 11.7 Å². The molecular formula is C19H28N6O2. The highest BCUT2D eigenvalue weighted by Crippen LogP contribution is 2.47. The van der Waals surface area contributed by atoms with Crippen LogP contribution < -0.4 is 0 Å². The van der Waals surface area contributed by atoms with E-state index in [1.165, 1.54) is 0 Å². The Kier molecular flexibility index (Phi) is 4.33. The third-order valence-electron chi connectivity index (χ3n) is 5.65. The fourth-order valence-electron chi connectivity index (χ4n) is 4.49. The lowest BCUT2D eigenvalue weighted by Crippen LogP contribution is -2.59. The molecular weight excluding hydrogens is 344 g/mol. The summed E-state index contributed by atoms with van der Waals surface area (Å²) in [6.45, 7) is 8.67. The molecule has 0 radical (unpaired) electrons. The lowest BCUT2D eigenvalue weighted by atomic mass is 9.77. The van der Waals surface area contributed by atoms with E-state index in [-0.39, 0.29) is 17.4 Å². The van der Waals surface area contributed by atoms with Gasteiger partial charge in [-0.3, -0.25) is 14.4 Å². The van der Waals surface area contributed by atoms with Gasteiger partial charge in [-0.2, -0.15) is 5.10 Å². The monoisotopic (exact) mass is 372 g/mol. The number of aryl methyl sites for hydroxylation is 2. The van der Waals surface area contributed by atoms with Crippen molar-refractivity contribution in [2.45, 2.75) is 39.7 Å². The Labute approximate surface area is 159 Å². The Bertz CT molecular complexity index is 848. The van der Waals surface area contributed by atoms with Gasteiger partial charge in [-0.25, -0.2) is 0 Å². The van der Waals surface area contributed by atoms with Gasteiger partial charge in [0.2, 0.25) is 11.8 Å². The maximum atomic E-state index is 12.8. The van der Waals surface area contributed by atoms with Gasteiger partial charge in [0.1, 0.15) is 5.69 Å². The molecule has 2 saturated heterocycles. The molecule has 4 rings (SSSR count). The van der Waals surface area contributed by atoms with Crippen molar-refractivity contribution < 1.29 is 9.21 Å². The molecule has 0 aromatic carbocycles. The zero-order valence-electron chi connectivity index (χ0n) is 16.8. The van der Waals surface area contributed by atoms with Gasteiger partial charge in [-0.05, 0) is 32.4 Å². The minimum Gasteiger partial charge on any atom is -0.424 e. The molecule has 4 heterocycles. The minimum absolute atomic E-state index is 0.0619. The van der Waals surface area contributed by atoms with Crippen LogP contribution in [0.5, 0.6) is 0 Å². The number of aromatic nitrogens is 4. The quantitative estimate of drug-likeness (QED) is 0.815. The first-order chi connectivity index (χ1) is 12.8. The van der Waals surface area contributed by atoms with Crippen LogP contribution in [0.4, 0.5) is 0 Å². The van der Waals surface area contributed by atoms with E-state index in [1.54, 1.807) is 4.68 Å². The largest absolute Gasteiger partial charge is 0.424 e. The molecule has 2 aliphatic rings. The molecule has 146 valence electrons. The number of nitrogens with zero attached hydrogens (tertiary/aromatic N) is 6. The highest BCUT2D eigenvalue weighted by molar-refractivity contribution is 5.93. The van der Waals surface area contributed by atoms with E-state index in [4.69, 9.17) is 4.42 Å². The molecule has 2 fully saturated rings. The molecule has 2 aromatic heterocycles. The van der Waals surface area contributed by atoms with E-state index in [2.05, 4.69) is 41.1 Å². The van der Waals surface area contributed by atoms with Crippen LogP contribution in [-0.2, 0) is 13.5 Å². The lowest BCUT2D eigenvalue weighted by Gasteiger charge is -2.48. The Morgan fingerprint density at radius 2 is 2.04 bits per heavy atom. The third-order valence-corrected chi connectivity index (χ3v) is 5.65. The summed E-state index contributed by atoms with van der Waals surface area (Å²) in [5.41, 5.74) is 1.64. The van der Waals surface area contributed by atoms with Crippen molar-refractivity contribution in [3.8, 4) is 0 Å². The average Bonchev–Trinajstić information content (AvgIpc) is 3.22. The molecule has 0 bridgehead atoms. The molecule has 2 aromatic rings. The zero-order valence-corrected chi connectivity index (χ0v) is 16.8. The predicted molar refractivity (Wildman–Crippen MR) is 99.1 cm³/mol. The Morgan fingerprint density at radius 3 is 2.67 bits per heavy atom. The second kappa shape index (κ2) is 6.44.